The van der Waals surface area contributed by atoms with E-state index in [2.05, 4.69) is 23.8 Å². The van der Waals surface area contributed by atoms with Crippen LogP contribution in [0.1, 0.15) is 13.3 Å². The molecule has 1 aromatic carbocycles. The average molecular weight is 297 g/mol. The highest BCUT2D eigenvalue weighted by Gasteiger charge is 2.24. The van der Waals surface area contributed by atoms with Gasteiger partial charge in [-0.1, -0.05) is 6.92 Å². The molecule has 0 saturated carbocycles. The first kappa shape index (κ1) is 15.1. The van der Waals surface area contributed by atoms with E-state index in [9.17, 15) is 8.42 Å². The number of nitrogens with two attached hydrogens (primary N) is 1. The number of rotatable bonds is 3. The number of sulfone groups is 1. The summed E-state index contributed by atoms with van der Waals surface area (Å²) >= 11 is 0. The van der Waals surface area contributed by atoms with Gasteiger partial charge in [0.1, 0.15) is 0 Å². The zero-order valence-electron chi connectivity index (χ0n) is 12.3. The molecule has 1 unspecified atom stereocenters. The molecule has 0 spiro atoms. The maximum atomic E-state index is 11.5. The standard InChI is InChI=1S/C14H23N3O2S/c1-4-11-10-17(8-7-16(11)2)14-6-5-12(9-13(14)15)20(3,18)19/h5-6,9,11H,4,7-8,10,15H2,1-3H3. The fourth-order valence-corrected chi connectivity index (χ4v) is 3.31. The average Bonchev–Trinajstić information content (AvgIpc) is 2.38. The first-order valence-corrected chi connectivity index (χ1v) is 8.77. The summed E-state index contributed by atoms with van der Waals surface area (Å²) in [5.41, 5.74) is 7.52. The van der Waals surface area contributed by atoms with Crippen molar-refractivity contribution in [2.45, 2.75) is 24.3 Å². The van der Waals surface area contributed by atoms with Crippen LogP contribution in [-0.4, -0.2) is 52.3 Å². The number of piperazine rings is 1. The Kier molecular flexibility index (Phi) is 4.25. The van der Waals surface area contributed by atoms with Gasteiger partial charge in [0.05, 0.1) is 16.3 Å². The second-order valence-corrected chi connectivity index (χ2v) is 7.50. The quantitative estimate of drug-likeness (QED) is 0.849. The van der Waals surface area contributed by atoms with Crippen LogP contribution in [0.5, 0.6) is 0 Å². The van der Waals surface area contributed by atoms with Gasteiger partial charge >= 0.3 is 0 Å². The van der Waals surface area contributed by atoms with E-state index in [0.29, 0.717) is 11.7 Å². The van der Waals surface area contributed by atoms with Gasteiger partial charge in [0.15, 0.2) is 9.84 Å². The molecule has 1 fully saturated rings. The molecule has 0 amide bonds. The smallest absolute Gasteiger partial charge is 0.175 e. The summed E-state index contributed by atoms with van der Waals surface area (Å²) in [5, 5.41) is 0. The highest BCUT2D eigenvalue weighted by atomic mass is 32.2. The van der Waals surface area contributed by atoms with Crippen LogP contribution in [0.15, 0.2) is 23.1 Å². The molecule has 20 heavy (non-hydrogen) atoms. The van der Waals surface area contributed by atoms with E-state index in [0.717, 1.165) is 31.7 Å². The van der Waals surface area contributed by atoms with Crippen molar-refractivity contribution in [3.05, 3.63) is 18.2 Å². The molecule has 1 saturated heterocycles. The van der Waals surface area contributed by atoms with Crippen molar-refractivity contribution in [1.82, 2.24) is 4.90 Å². The summed E-state index contributed by atoms with van der Waals surface area (Å²) < 4.78 is 23.1. The molecule has 6 heteroatoms. The van der Waals surface area contributed by atoms with Crippen molar-refractivity contribution in [3.8, 4) is 0 Å². The Morgan fingerprint density at radius 3 is 2.60 bits per heavy atom. The second kappa shape index (κ2) is 5.61. The third-order valence-corrected chi connectivity index (χ3v) is 5.13. The number of nitrogen functional groups attached to an aromatic ring is 1. The van der Waals surface area contributed by atoms with E-state index < -0.39 is 9.84 Å². The van der Waals surface area contributed by atoms with Crippen LogP contribution in [0.4, 0.5) is 11.4 Å². The van der Waals surface area contributed by atoms with Gasteiger partial charge in [-0.3, -0.25) is 4.90 Å². The molecule has 2 rings (SSSR count). The predicted molar refractivity (Wildman–Crippen MR) is 82.9 cm³/mol. The lowest BCUT2D eigenvalue weighted by molar-refractivity contribution is 0.213. The Morgan fingerprint density at radius 2 is 2.05 bits per heavy atom. The summed E-state index contributed by atoms with van der Waals surface area (Å²) in [6.07, 6.45) is 2.29. The van der Waals surface area contributed by atoms with Crippen molar-refractivity contribution >= 4 is 21.2 Å². The van der Waals surface area contributed by atoms with Crippen LogP contribution in [0.25, 0.3) is 0 Å². The maximum Gasteiger partial charge on any atom is 0.175 e. The lowest BCUT2D eigenvalue weighted by atomic mass is 10.1. The molecular formula is C14H23N3O2S. The third kappa shape index (κ3) is 3.07. The predicted octanol–water partition coefficient (Wildman–Crippen LogP) is 1.20. The highest BCUT2D eigenvalue weighted by Crippen LogP contribution is 2.28. The Hall–Kier alpha value is -1.27. The molecule has 1 atom stereocenters. The Bertz CT molecular complexity index is 586. The van der Waals surface area contributed by atoms with Crippen molar-refractivity contribution in [1.29, 1.82) is 0 Å². The van der Waals surface area contributed by atoms with Gasteiger partial charge in [-0.15, -0.1) is 0 Å². The fraction of sp³-hybridized carbons (Fsp3) is 0.571. The summed E-state index contributed by atoms with van der Waals surface area (Å²) in [6, 6.07) is 5.53. The number of benzene rings is 1. The molecular weight excluding hydrogens is 274 g/mol. The molecule has 0 radical (unpaired) electrons. The zero-order valence-corrected chi connectivity index (χ0v) is 13.2. The normalized spacial score (nSPS) is 21.1. The summed E-state index contributed by atoms with van der Waals surface area (Å²) in [4.78, 5) is 4.88. The zero-order chi connectivity index (χ0) is 14.9. The summed E-state index contributed by atoms with van der Waals surface area (Å²) in [5.74, 6) is 0. The number of hydrogen-bond acceptors (Lipinski definition) is 5. The summed E-state index contributed by atoms with van der Waals surface area (Å²) in [6.45, 7) is 5.01. The van der Waals surface area contributed by atoms with Crippen molar-refractivity contribution < 1.29 is 8.42 Å². The lowest BCUT2D eigenvalue weighted by Crippen LogP contribution is -2.51. The monoisotopic (exact) mass is 297 g/mol. The molecule has 0 bridgehead atoms. The van der Waals surface area contributed by atoms with E-state index in [1.54, 1.807) is 12.1 Å². The van der Waals surface area contributed by atoms with Crippen LogP contribution in [0, 0.1) is 0 Å². The van der Waals surface area contributed by atoms with Crippen LogP contribution < -0.4 is 10.6 Å². The van der Waals surface area contributed by atoms with Gasteiger partial charge in [0.2, 0.25) is 0 Å². The lowest BCUT2D eigenvalue weighted by Gasteiger charge is -2.40. The minimum atomic E-state index is -3.20. The van der Waals surface area contributed by atoms with Gasteiger partial charge < -0.3 is 10.6 Å². The first-order chi connectivity index (χ1) is 9.32. The van der Waals surface area contributed by atoms with Crippen LogP contribution in [0.3, 0.4) is 0 Å². The van der Waals surface area contributed by atoms with Crippen molar-refractivity contribution in [2.24, 2.45) is 0 Å². The molecule has 5 nitrogen and oxygen atoms in total. The molecule has 2 N–H and O–H groups in total. The van der Waals surface area contributed by atoms with Crippen LogP contribution in [-0.2, 0) is 9.84 Å². The largest absolute Gasteiger partial charge is 0.397 e. The number of nitrogens with zero attached hydrogens (tertiary/aromatic N) is 2. The Morgan fingerprint density at radius 1 is 1.35 bits per heavy atom. The minimum Gasteiger partial charge on any atom is -0.397 e. The molecule has 1 heterocycles. The summed E-state index contributed by atoms with van der Waals surface area (Å²) in [7, 11) is -1.06. The van der Waals surface area contributed by atoms with Crippen LogP contribution in [0.2, 0.25) is 0 Å². The molecule has 1 aliphatic heterocycles. The first-order valence-electron chi connectivity index (χ1n) is 6.87. The van der Waals surface area contributed by atoms with E-state index in [4.69, 9.17) is 5.73 Å². The van der Waals surface area contributed by atoms with Crippen molar-refractivity contribution in [3.63, 3.8) is 0 Å². The Balaban J connectivity index is 2.26. The molecule has 0 aromatic heterocycles. The van der Waals surface area contributed by atoms with Gasteiger partial charge in [0, 0.05) is 31.9 Å². The topological polar surface area (TPSA) is 66.6 Å². The van der Waals surface area contributed by atoms with E-state index in [-0.39, 0.29) is 4.90 Å². The number of hydrogen-bond donors (Lipinski definition) is 1. The van der Waals surface area contributed by atoms with Gasteiger partial charge in [-0.05, 0) is 31.7 Å². The molecule has 1 aliphatic rings. The van der Waals surface area contributed by atoms with Gasteiger partial charge in [-0.2, -0.15) is 0 Å². The number of anilines is 2. The van der Waals surface area contributed by atoms with Gasteiger partial charge in [0.25, 0.3) is 0 Å². The minimum absolute atomic E-state index is 0.278. The SMILES string of the molecule is CCC1CN(c2ccc(S(C)(=O)=O)cc2N)CCN1C. The van der Waals surface area contributed by atoms with Gasteiger partial charge in [-0.25, -0.2) is 8.42 Å². The fourth-order valence-electron chi connectivity index (χ4n) is 2.66. The second-order valence-electron chi connectivity index (χ2n) is 5.48. The van der Waals surface area contributed by atoms with Crippen LogP contribution >= 0.6 is 0 Å². The molecule has 0 aliphatic carbocycles. The number of likely N-dealkylation sites (N-methyl/N-ethyl adjacent to an activating group) is 1. The molecule has 112 valence electrons. The van der Waals surface area contributed by atoms with E-state index in [1.165, 1.54) is 6.26 Å². The van der Waals surface area contributed by atoms with E-state index >= 15 is 0 Å². The third-order valence-electron chi connectivity index (χ3n) is 4.02. The highest BCUT2D eigenvalue weighted by molar-refractivity contribution is 7.90. The maximum absolute atomic E-state index is 11.5. The van der Waals surface area contributed by atoms with E-state index in [1.807, 2.05) is 6.07 Å². The molecule has 1 aromatic rings. The Labute approximate surface area is 121 Å². The van der Waals surface area contributed by atoms with Crippen molar-refractivity contribution in [2.75, 3.05) is 43.6 Å².